The Morgan fingerprint density at radius 2 is 1.03 bits per heavy atom. The molecule has 2 N–H and O–H groups in total. The van der Waals surface area contributed by atoms with Crippen molar-refractivity contribution < 1.29 is 4.74 Å². The van der Waals surface area contributed by atoms with Crippen molar-refractivity contribution in [3.05, 3.63) is 23.3 Å². The minimum Gasteiger partial charge on any atom is -0.493 e. The minimum absolute atomic E-state index is 0. The predicted molar refractivity (Wildman–Crippen MR) is 133 cm³/mol. The monoisotopic (exact) mass is 425 g/mol. The van der Waals surface area contributed by atoms with Crippen molar-refractivity contribution in [2.75, 3.05) is 12.3 Å². The number of nitrogens with two attached hydrogens (primary N) is 1. The second-order valence-electron chi connectivity index (χ2n) is 8.55. The molecule has 0 aliphatic rings. The molecule has 0 amide bonds. The summed E-state index contributed by atoms with van der Waals surface area (Å²) in [5, 5.41) is 0. The summed E-state index contributed by atoms with van der Waals surface area (Å²) in [6.07, 6.45) is 22.4. The van der Waals surface area contributed by atoms with Gasteiger partial charge in [-0.25, -0.2) is 0 Å². The molecule has 0 fully saturated rings. The number of rotatable bonds is 18. The van der Waals surface area contributed by atoms with E-state index in [4.69, 9.17) is 10.5 Å². The van der Waals surface area contributed by atoms with E-state index in [1.54, 1.807) is 0 Å². The number of anilines is 1. The van der Waals surface area contributed by atoms with E-state index < -0.39 is 0 Å². The Morgan fingerprint density at radius 3 is 1.48 bits per heavy atom. The van der Waals surface area contributed by atoms with E-state index in [1.165, 1.54) is 102 Å². The van der Waals surface area contributed by atoms with E-state index in [9.17, 15) is 0 Å². The molecule has 0 aliphatic heterocycles. The van der Waals surface area contributed by atoms with Crippen LogP contribution in [0.15, 0.2) is 12.1 Å². The summed E-state index contributed by atoms with van der Waals surface area (Å²) < 4.78 is 5.94. The smallest absolute Gasteiger partial charge is 0.122 e. The molecule has 0 spiro atoms. The molecular formula is C26H48ClNO. The van der Waals surface area contributed by atoms with Gasteiger partial charge in [0.15, 0.2) is 0 Å². The van der Waals surface area contributed by atoms with Gasteiger partial charge in [-0.15, -0.1) is 12.4 Å². The molecule has 0 unspecified atom stereocenters. The highest BCUT2D eigenvalue weighted by molar-refractivity contribution is 5.85. The highest BCUT2D eigenvalue weighted by Gasteiger charge is 2.04. The lowest BCUT2D eigenvalue weighted by Gasteiger charge is -2.12. The minimum atomic E-state index is 0. The summed E-state index contributed by atoms with van der Waals surface area (Å²) in [5.74, 6) is 0.993. The molecule has 0 saturated heterocycles. The van der Waals surface area contributed by atoms with Crippen molar-refractivity contribution in [2.45, 2.75) is 124 Å². The molecule has 0 bridgehead atoms. The third-order valence-corrected chi connectivity index (χ3v) is 6.03. The number of halogens is 1. The zero-order valence-electron chi connectivity index (χ0n) is 19.6. The summed E-state index contributed by atoms with van der Waals surface area (Å²) in [7, 11) is 0. The van der Waals surface area contributed by atoms with Gasteiger partial charge in [-0.2, -0.15) is 0 Å². The fourth-order valence-corrected chi connectivity index (χ4v) is 3.81. The molecule has 1 aromatic carbocycles. The van der Waals surface area contributed by atoms with E-state index in [0.29, 0.717) is 0 Å². The lowest BCUT2D eigenvalue weighted by molar-refractivity contribution is 0.302. The number of hydrogen-bond donors (Lipinski definition) is 1. The SMILES string of the molecule is CCCCCCCCCCCCCCCCCCOc1ccc(N)c(C)c1C.Cl. The summed E-state index contributed by atoms with van der Waals surface area (Å²) >= 11 is 0. The summed E-state index contributed by atoms with van der Waals surface area (Å²) in [6.45, 7) is 7.27. The van der Waals surface area contributed by atoms with Gasteiger partial charge >= 0.3 is 0 Å². The molecular weight excluding hydrogens is 378 g/mol. The number of hydrogen-bond acceptors (Lipinski definition) is 2. The zero-order valence-corrected chi connectivity index (χ0v) is 20.4. The number of nitrogen functional groups attached to an aromatic ring is 1. The third kappa shape index (κ3) is 13.9. The molecule has 0 heterocycles. The largest absolute Gasteiger partial charge is 0.493 e. The molecule has 3 heteroatoms. The summed E-state index contributed by atoms with van der Waals surface area (Å²) in [5.41, 5.74) is 9.10. The van der Waals surface area contributed by atoms with Gasteiger partial charge in [-0.3, -0.25) is 0 Å². The van der Waals surface area contributed by atoms with Gasteiger partial charge in [0.2, 0.25) is 0 Å². The molecule has 0 radical (unpaired) electrons. The van der Waals surface area contributed by atoms with Crippen LogP contribution in [0, 0.1) is 13.8 Å². The molecule has 1 rings (SSSR count). The Labute approximate surface area is 187 Å². The molecule has 0 aromatic heterocycles. The van der Waals surface area contributed by atoms with Crippen LogP contribution in [-0.2, 0) is 0 Å². The van der Waals surface area contributed by atoms with Gasteiger partial charge in [-0.05, 0) is 43.5 Å². The molecule has 0 aliphatic carbocycles. The molecule has 0 saturated carbocycles. The predicted octanol–water partition coefficient (Wildman–Crippen LogP) is 8.95. The number of benzene rings is 1. The van der Waals surface area contributed by atoms with Crippen molar-refractivity contribution >= 4 is 18.1 Å². The van der Waals surface area contributed by atoms with Crippen LogP contribution in [0.1, 0.15) is 121 Å². The first-order valence-corrected chi connectivity index (χ1v) is 12.1. The zero-order chi connectivity index (χ0) is 20.5. The van der Waals surface area contributed by atoms with Crippen LogP contribution in [-0.4, -0.2) is 6.61 Å². The van der Waals surface area contributed by atoms with Crippen molar-refractivity contribution in [1.29, 1.82) is 0 Å². The average molecular weight is 426 g/mol. The highest BCUT2D eigenvalue weighted by Crippen LogP contribution is 2.25. The molecule has 2 nitrogen and oxygen atoms in total. The first kappa shape index (κ1) is 28.1. The fourth-order valence-electron chi connectivity index (χ4n) is 3.81. The van der Waals surface area contributed by atoms with Crippen molar-refractivity contribution in [3.8, 4) is 5.75 Å². The van der Waals surface area contributed by atoms with Crippen LogP contribution in [0.4, 0.5) is 5.69 Å². The topological polar surface area (TPSA) is 35.2 Å². The maximum absolute atomic E-state index is 5.94. The van der Waals surface area contributed by atoms with E-state index in [1.807, 2.05) is 12.1 Å². The Bertz CT molecular complexity index is 504. The van der Waals surface area contributed by atoms with Gasteiger partial charge in [0.1, 0.15) is 5.75 Å². The maximum Gasteiger partial charge on any atom is 0.122 e. The first-order valence-electron chi connectivity index (χ1n) is 12.1. The molecule has 1 aromatic rings. The fraction of sp³-hybridized carbons (Fsp3) is 0.769. The first-order chi connectivity index (χ1) is 13.7. The van der Waals surface area contributed by atoms with E-state index in [0.717, 1.165) is 30.0 Å². The van der Waals surface area contributed by atoms with Crippen molar-refractivity contribution in [2.24, 2.45) is 0 Å². The maximum atomic E-state index is 5.94. The quantitative estimate of drug-likeness (QED) is 0.188. The van der Waals surface area contributed by atoms with Crippen LogP contribution < -0.4 is 10.5 Å². The van der Waals surface area contributed by atoms with Gasteiger partial charge < -0.3 is 10.5 Å². The van der Waals surface area contributed by atoms with Gasteiger partial charge in [0.05, 0.1) is 6.61 Å². The van der Waals surface area contributed by atoms with E-state index in [2.05, 4.69) is 20.8 Å². The van der Waals surface area contributed by atoms with Crippen LogP contribution in [0.2, 0.25) is 0 Å². The lowest BCUT2D eigenvalue weighted by atomic mass is 10.0. The Kier molecular flexibility index (Phi) is 18.5. The summed E-state index contributed by atoms with van der Waals surface area (Å²) in [4.78, 5) is 0. The van der Waals surface area contributed by atoms with Crippen LogP contribution in [0.5, 0.6) is 5.75 Å². The van der Waals surface area contributed by atoms with Gasteiger partial charge in [0.25, 0.3) is 0 Å². The average Bonchev–Trinajstić information content (AvgIpc) is 2.70. The van der Waals surface area contributed by atoms with Crippen LogP contribution >= 0.6 is 12.4 Å². The van der Waals surface area contributed by atoms with E-state index >= 15 is 0 Å². The molecule has 0 atom stereocenters. The van der Waals surface area contributed by atoms with Gasteiger partial charge in [0, 0.05) is 5.69 Å². The Morgan fingerprint density at radius 1 is 0.621 bits per heavy atom. The number of ether oxygens (including phenoxy) is 1. The standard InChI is InChI=1S/C26H47NO.ClH/c1-4-5-6-7-8-9-10-11-12-13-14-15-16-17-18-19-22-28-26-21-20-25(27)23(2)24(26)3;/h20-21H,4-19,22,27H2,1-3H3;1H. The number of unbranched alkanes of at least 4 members (excludes halogenated alkanes) is 15. The highest BCUT2D eigenvalue weighted by atomic mass is 35.5. The van der Waals surface area contributed by atoms with Crippen molar-refractivity contribution in [3.63, 3.8) is 0 Å². The van der Waals surface area contributed by atoms with Crippen LogP contribution in [0.25, 0.3) is 0 Å². The third-order valence-electron chi connectivity index (χ3n) is 6.03. The van der Waals surface area contributed by atoms with Crippen LogP contribution in [0.3, 0.4) is 0 Å². The van der Waals surface area contributed by atoms with Crippen molar-refractivity contribution in [1.82, 2.24) is 0 Å². The normalized spacial score (nSPS) is 10.7. The van der Waals surface area contributed by atoms with Gasteiger partial charge in [-0.1, -0.05) is 103 Å². The Balaban J connectivity index is 0.00000784. The second-order valence-corrected chi connectivity index (χ2v) is 8.55. The Hall–Kier alpha value is -0.890. The van der Waals surface area contributed by atoms with E-state index in [-0.39, 0.29) is 12.4 Å². The summed E-state index contributed by atoms with van der Waals surface area (Å²) in [6, 6.07) is 3.95. The molecule has 29 heavy (non-hydrogen) atoms. The lowest BCUT2D eigenvalue weighted by Crippen LogP contribution is -2.01. The second kappa shape index (κ2) is 19.1. The molecule has 170 valence electrons.